The molecule has 0 amide bonds. The van der Waals surface area contributed by atoms with Crippen LogP contribution in [0, 0.1) is 20.2 Å². The molecule has 1 aromatic carbocycles. The molecule has 1 aromatic heterocycles. The van der Waals surface area contributed by atoms with Crippen molar-refractivity contribution in [2.24, 2.45) is 5.10 Å². The summed E-state index contributed by atoms with van der Waals surface area (Å²) in [4.78, 5) is 34.3. The molecule has 0 radical (unpaired) electrons. The van der Waals surface area contributed by atoms with Gasteiger partial charge < -0.3 is 4.98 Å². The van der Waals surface area contributed by atoms with Crippen LogP contribution in [0.1, 0.15) is 16.1 Å². The van der Waals surface area contributed by atoms with Crippen LogP contribution < -0.4 is 5.43 Å². The van der Waals surface area contributed by atoms with Crippen molar-refractivity contribution in [1.29, 1.82) is 0 Å². The van der Waals surface area contributed by atoms with E-state index in [4.69, 9.17) is 11.6 Å². The molecule has 0 aliphatic rings. The summed E-state index contributed by atoms with van der Waals surface area (Å²) in [5, 5.41) is 25.4. The van der Waals surface area contributed by atoms with Crippen LogP contribution in [-0.2, 0) is 0 Å². The number of alkyl halides is 1. The fourth-order valence-electron chi connectivity index (χ4n) is 1.78. The van der Waals surface area contributed by atoms with E-state index in [-0.39, 0.29) is 17.4 Å². The number of H-pyrrole nitrogens is 1. The fourth-order valence-corrected chi connectivity index (χ4v) is 1.93. The van der Waals surface area contributed by atoms with Gasteiger partial charge in [0.25, 0.3) is 5.69 Å². The number of aromatic amines is 1. The van der Waals surface area contributed by atoms with Crippen LogP contribution in [0.5, 0.6) is 0 Å². The molecule has 24 heavy (non-hydrogen) atoms. The van der Waals surface area contributed by atoms with Crippen molar-refractivity contribution in [3.8, 4) is 0 Å². The molecule has 0 unspecified atom stereocenters. The number of carbonyl (C=O) groups excluding carboxylic acids is 1. The number of hydrogen-bond acceptors (Lipinski definition) is 7. The minimum absolute atomic E-state index is 0.00883. The number of nitrogens with one attached hydrogen (secondary N) is 2. The molecule has 2 N–H and O–H groups in total. The summed E-state index contributed by atoms with van der Waals surface area (Å²) >= 11 is 5.44. The number of carbonyl (C=O) groups is 1. The van der Waals surface area contributed by atoms with E-state index in [1.807, 2.05) is 0 Å². The molecule has 0 bridgehead atoms. The largest absolute Gasteiger partial charge is 0.360 e. The molecule has 124 valence electrons. The zero-order valence-electron chi connectivity index (χ0n) is 11.9. The third-order valence-electron chi connectivity index (χ3n) is 2.93. The summed E-state index contributed by atoms with van der Waals surface area (Å²) in [6, 6.07) is 4.66. The van der Waals surface area contributed by atoms with Gasteiger partial charge in [-0.05, 0) is 12.1 Å². The maximum absolute atomic E-state index is 11.4. The summed E-state index contributed by atoms with van der Waals surface area (Å²) < 4.78 is 0. The summed E-state index contributed by atoms with van der Waals surface area (Å²) in [5.74, 6) is -0.409. The predicted molar refractivity (Wildman–Crippen MR) is 86.8 cm³/mol. The number of benzene rings is 1. The van der Waals surface area contributed by atoms with Gasteiger partial charge in [0.2, 0.25) is 0 Å². The SMILES string of the molecule is O=C(CCl)c1c[nH]c(C=NNc2ccc([N+](=O)[O-])cc2[N+](=O)[O-])c1. The van der Waals surface area contributed by atoms with Gasteiger partial charge in [0.15, 0.2) is 5.78 Å². The minimum Gasteiger partial charge on any atom is -0.360 e. The number of Topliss-reactive ketones (excluding diaryl/α,β-unsaturated/α-hetero) is 1. The highest BCUT2D eigenvalue weighted by Gasteiger charge is 2.19. The molecular weight excluding hydrogens is 342 g/mol. The molecule has 1 heterocycles. The normalized spacial score (nSPS) is 10.7. The van der Waals surface area contributed by atoms with Crippen molar-refractivity contribution < 1.29 is 14.6 Å². The van der Waals surface area contributed by atoms with Crippen LogP contribution in [-0.4, -0.2) is 32.7 Å². The molecule has 0 aliphatic carbocycles. The predicted octanol–water partition coefficient (Wildman–Crippen LogP) is 2.70. The number of halogens is 1. The van der Waals surface area contributed by atoms with Crippen LogP contribution >= 0.6 is 11.6 Å². The smallest absolute Gasteiger partial charge is 0.301 e. The molecule has 11 heteroatoms. The van der Waals surface area contributed by atoms with Gasteiger partial charge in [-0.3, -0.25) is 30.4 Å². The topological polar surface area (TPSA) is 144 Å². The maximum Gasteiger partial charge on any atom is 0.301 e. The lowest BCUT2D eigenvalue weighted by atomic mass is 10.2. The van der Waals surface area contributed by atoms with E-state index >= 15 is 0 Å². The number of nitro benzene ring substituents is 2. The monoisotopic (exact) mass is 351 g/mol. The molecule has 0 fully saturated rings. The van der Waals surface area contributed by atoms with Crippen LogP contribution in [0.2, 0.25) is 0 Å². The van der Waals surface area contributed by atoms with E-state index in [1.165, 1.54) is 24.5 Å². The number of aromatic nitrogens is 1. The van der Waals surface area contributed by atoms with Crippen molar-refractivity contribution in [1.82, 2.24) is 4.98 Å². The molecule has 0 aliphatic heterocycles. The van der Waals surface area contributed by atoms with Crippen LogP contribution in [0.3, 0.4) is 0 Å². The van der Waals surface area contributed by atoms with Gasteiger partial charge >= 0.3 is 5.69 Å². The molecule has 10 nitrogen and oxygen atoms in total. The highest BCUT2D eigenvalue weighted by Crippen LogP contribution is 2.28. The van der Waals surface area contributed by atoms with Crippen molar-refractivity contribution >= 4 is 40.7 Å². The zero-order chi connectivity index (χ0) is 17.7. The second-order valence-corrected chi connectivity index (χ2v) is 4.75. The number of nitrogens with zero attached hydrogens (tertiary/aromatic N) is 3. The number of hydrogen-bond donors (Lipinski definition) is 2. The Morgan fingerprint density at radius 1 is 1.29 bits per heavy atom. The average molecular weight is 352 g/mol. The Balaban J connectivity index is 2.16. The molecule has 2 aromatic rings. The third kappa shape index (κ3) is 3.93. The van der Waals surface area contributed by atoms with Crippen LogP contribution in [0.15, 0.2) is 35.6 Å². The first-order chi connectivity index (χ1) is 11.4. The number of non-ortho nitro benzene ring substituents is 1. The van der Waals surface area contributed by atoms with Crippen molar-refractivity contribution in [3.63, 3.8) is 0 Å². The van der Waals surface area contributed by atoms with E-state index in [0.29, 0.717) is 11.3 Å². The Bertz CT molecular complexity index is 832. The zero-order valence-corrected chi connectivity index (χ0v) is 12.7. The third-order valence-corrected chi connectivity index (χ3v) is 3.17. The van der Waals surface area contributed by atoms with Gasteiger partial charge in [-0.2, -0.15) is 5.10 Å². The maximum atomic E-state index is 11.4. The average Bonchev–Trinajstić information content (AvgIpc) is 3.02. The highest BCUT2D eigenvalue weighted by molar-refractivity contribution is 6.30. The Morgan fingerprint density at radius 2 is 2.04 bits per heavy atom. The molecule has 0 saturated carbocycles. The summed E-state index contributed by atoms with van der Waals surface area (Å²) in [5.41, 5.74) is 2.40. The van der Waals surface area contributed by atoms with E-state index in [0.717, 1.165) is 12.1 Å². The number of anilines is 1. The summed E-state index contributed by atoms with van der Waals surface area (Å²) in [6.07, 6.45) is 2.76. The Morgan fingerprint density at radius 3 is 2.67 bits per heavy atom. The molecule has 2 rings (SSSR count). The fraction of sp³-hybridized carbons (Fsp3) is 0.0769. The van der Waals surface area contributed by atoms with Gasteiger partial charge in [-0.15, -0.1) is 11.6 Å². The van der Waals surface area contributed by atoms with Gasteiger partial charge in [0.05, 0.1) is 33.7 Å². The number of ketones is 1. The molecule has 0 spiro atoms. The van der Waals surface area contributed by atoms with Gasteiger partial charge in [0, 0.05) is 17.8 Å². The van der Waals surface area contributed by atoms with Gasteiger partial charge in [0.1, 0.15) is 5.69 Å². The Labute approximate surface area is 139 Å². The van der Waals surface area contributed by atoms with E-state index in [2.05, 4.69) is 15.5 Å². The Kier molecular flexibility index (Phi) is 5.22. The van der Waals surface area contributed by atoms with Crippen molar-refractivity contribution in [2.45, 2.75) is 0 Å². The second kappa shape index (κ2) is 7.33. The number of rotatable bonds is 7. The number of hydrazone groups is 1. The lowest BCUT2D eigenvalue weighted by molar-refractivity contribution is -0.393. The van der Waals surface area contributed by atoms with E-state index in [9.17, 15) is 25.0 Å². The van der Waals surface area contributed by atoms with E-state index in [1.54, 1.807) is 0 Å². The lowest BCUT2D eigenvalue weighted by Gasteiger charge is -2.01. The summed E-state index contributed by atoms with van der Waals surface area (Å²) in [7, 11) is 0. The van der Waals surface area contributed by atoms with Gasteiger partial charge in [-0.1, -0.05) is 0 Å². The van der Waals surface area contributed by atoms with Gasteiger partial charge in [-0.25, -0.2) is 0 Å². The van der Waals surface area contributed by atoms with Crippen LogP contribution in [0.25, 0.3) is 0 Å². The lowest BCUT2D eigenvalue weighted by Crippen LogP contribution is -1.99. The van der Waals surface area contributed by atoms with E-state index < -0.39 is 21.2 Å². The first-order valence-electron chi connectivity index (χ1n) is 6.42. The highest BCUT2D eigenvalue weighted by atomic mass is 35.5. The molecular formula is C13H10ClN5O5. The van der Waals surface area contributed by atoms with Crippen LogP contribution in [0.4, 0.5) is 17.1 Å². The second-order valence-electron chi connectivity index (χ2n) is 4.49. The standard InChI is InChI=1S/C13H10ClN5O5/c14-5-13(20)8-3-9(15-6-8)7-16-17-11-2-1-10(18(21)22)4-12(11)19(23)24/h1-4,6-7,15,17H,5H2. The Hall–Kier alpha value is -3.27. The quantitative estimate of drug-likeness (QED) is 0.258. The first kappa shape index (κ1) is 17.1. The minimum atomic E-state index is -0.753. The summed E-state index contributed by atoms with van der Waals surface area (Å²) in [6.45, 7) is 0. The molecule has 0 saturated heterocycles. The van der Waals surface area contributed by atoms with Crippen molar-refractivity contribution in [3.05, 3.63) is 61.9 Å². The van der Waals surface area contributed by atoms with Crippen molar-refractivity contribution in [2.75, 3.05) is 11.3 Å². The first-order valence-corrected chi connectivity index (χ1v) is 6.95. The number of nitro groups is 2. The molecule has 0 atom stereocenters.